The van der Waals surface area contributed by atoms with Crippen LogP contribution in [-0.2, 0) is 0 Å². The van der Waals surface area contributed by atoms with Crippen LogP contribution < -0.4 is 10.6 Å². The monoisotopic (exact) mass is 453 g/mol. The van der Waals surface area contributed by atoms with Crippen molar-refractivity contribution in [3.8, 4) is 11.4 Å². The molecule has 124 valence electrons. The van der Waals surface area contributed by atoms with Crippen molar-refractivity contribution < 1.29 is 0 Å². The highest BCUT2D eigenvalue weighted by atomic mass is 127. The summed E-state index contributed by atoms with van der Waals surface area (Å²) in [5, 5.41) is 11.1. The number of anilines is 1. The van der Waals surface area contributed by atoms with Crippen molar-refractivity contribution in [3.05, 3.63) is 30.6 Å². The van der Waals surface area contributed by atoms with Gasteiger partial charge >= 0.3 is 0 Å². The molecule has 24 heavy (non-hydrogen) atoms. The standard InChI is InChI=1S/C15H16IN7S/c1-3-17-15(24)21-13-5-4-11-14(20-13)19-12(8-18-11)10-6-7-23(22-10)9(2)16/h4-9H,3H2,1-2H3,(H2,17,19,20,21,24). The van der Waals surface area contributed by atoms with Crippen LogP contribution in [0.1, 0.15) is 17.9 Å². The molecule has 7 nitrogen and oxygen atoms in total. The zero-order chi connectivity index (χ0) is 17.1. The average molecular weight is 453 g/mol. The van der Waals surface area contributed by atoms with Crippen molar-refractivity contribution in [3.63, 3.8) is 0 Å². The highest BCUT2D eigenvalue weighted by Gasteiger charge is 2.09. The Kier molecular flexibility index (Phi) is 5.19. The molecule has 3 aromatic rings. The third-order valence-corrected chi connectivity index (χ3v) is 4.04. The van der Waals surface area contributed by atoms with Gasteiger partial charge in [0, 0.05) is 12.7 Å². The van der Waals surface area contributed by atoms with E-state index in [1.165, 1.54) is 0 Å². The summed E-state index contributed by atoms with van der Waals surface area (Å²) in [6.45, 7) is 4.80. The molecule has 0 aliphatic carbocycles. The Bertz CT molecular complexity index is 877. The number of rotatable bonds is 4. The minimum absolute atomic E-state index is 0.269. The fourth-order valence-electron chi connectivity index (χ4n) is 2.08. The van der Waals surface area contributed by atoms with Gasteiger partial charge in [0.05, 0.1) is 6.20 Å². The number of nitrogens with one attached hydrogen (secondary N) is 2. The van der Waals surface area contributed by atoms with Crippen molar-refractivity contribution in [2.75, 3.05) is 11.9 Å². The number of hydrogen-bond donors (Lipinski definition) is 2. The predicted molar refractivity (Wildman–Crippen MR) is 107 cm³/mol. The molecule has 2 N–H and O–H groups in total. The normalized spacial score (nSPS) is 12.1. The summed E-state index contributed by atoms with van der Waals surface area (Å²) in [6.07, 6.45) is 3.64. The van der Waals surface area contributed by atoms with Crippen molar-refractivity contribution in [2.45, 2.75) is 17.9 Å². The highest BCUT2D eigenvalue weighted by Crippen LogP contribution is 2.20. The van der Waals surface area contributed by atoms with Gasteiger partial charge in [-0.15, -0.1) is 0 Å². The summed E-state index contributed by atoms with van der Waals surface area (Å²) < 4.78 is 2.15. The second-order valence-corrected chi connectivity index (χ2v) is 7.24. The maximum Gasteiger partial charge on any atom is 0.180 e. The number of alkyl halides is 1. The molecule has 1 atom stereocenters. The Morgan fingerprint density at radius 1 is 1.29 bits per heavy atom. The second-order valence-electron chi connectivity index (χ2n) is 5.03. The number of fused-ring (bicyclic) bond motifs is 1. The number of nitrogens with zero attached hydrogens (tertiary/aromatic N) is 5. The van der Waals surface area contributed by atoms with Crippen molar-refractivity contribution >= 4 is 56.9 Å². The largest absolute Gasteiger partial charge is 0.363 e. The van der Waals surface area contributed by atoms with Crippen LogP contribution in [0, 0.1) is 0 Å². The molecule has 3 aromatic heterocycles. The summed E-state index contributed by atoms with van der Waals surface area (Å²) in [5.74, 6) is 0.631. The Hall–Kier alpha value is -1.88. The van der Waals surface area contributed by atoms with E-state index in [0.29, 0.717) is 22.3 Å². The smallest absolute Gasteiger partial charge is 0.180 e. The van der Waals surface area contributed by atoms with Gasteiger partial charge in [0.15, 0.2) is 10.8 Å². The summed E-state index contributed by atoms with van der Waals surface area (Å²) in [4.78, 5) is 13.5. The zero-order valence-electron chi connectivity index (χ0n) is 13.2. The second kappa shape index (κ2) is 7.34. The van der Waals surface area contributed by atoms with Gasteiger partial charge in [-0.05, 0) is 44.3 Å². The summed E-state index contributed by atoms with van der Waals surface area (Å²) in [5.41, 5.74) is 2.74. The lowest BCUT2D eigenvalue weighted by atomic mass is 10.3. The van der Waals surface area contributed by atoms with Gasteiger partial charge in [-0.3, -0.25) is 9.67 Å². The van der Waals surface area contributed by atoms with Crippen LogP contribution in [0.15, 0.2) is 30.6 Å². The molecule has 0 aliphatic heterocycles. The zero-order valence-corrected chi connectivity index (χ0v) is 16.2. The van der Waals surface area contributed by atoms with Gasteiger partial charge in [-0.1, -0.05) is 22.6 Å². The van der Waals surface area contributed by atoms with Crippen molar-refractivity contribution in [2.24, 2.45) is 0 Å². The van der Waals surface area contributed by atoms with Crippen molar-refractivity contribution in [1.82, 2.24) is 30.0 Å². The van der Waals surface area contributed by atoms with Crippen LogP contribution in [-0.4, -0.2) is 36.4 Å². The van der Waals surface area contributed by atoms with Gasteiger partial charge in [0.25, 0.3) is 0 Å². The number of aromatic nitrogens is 5. The quantitative estimate of drug-likeness (QED) is 0.357. The molecule has 0 saturated carbocycles. The van der Waals surface area contributed by atoms with Crippen LogP contribution in [0.3, 0.4) is 0 Å². The molecule has 0 aromatic carbocycles. The van der Waals surface area contributed by atoms with Crippen LogP contribution in [0.4, 0.5) is 5.82 Å². The first kappa shape index (κ1) is 17.0. The lowest BCUT2D eigenvalue weighted by molar-refractivity contribution is 0.666. The van der Waals surface area contributed by atoms with E-state index in [9.17, 15) is 0 Å². The van der Waals surface area contributed by atoms with E-state index in [0.717, 1.165) is 17.8 Å². The minimum atomic E-state index is 0.269. The molecule has 0 fully saturated rings. The first-order valence-electron chi connectivity index (χ1n) is 7.45. The maximum absolute atomic E-state index is 5.18. The van der Waals surface area contributed by atoms with E-state index in [1.54, 1.807) is 6.20 Å². The molecule has 0 amide bonds. The fraction of sp³-hybridized carbons (Fsp3) is 0.267. The van der Waals surface area contributed by atoms with E-state index < -0.39 is 0 Å². The Morgan fingerprint density at radius 3 is 2.83 bits per heavy atom. The summed E-state index contributed by atoms with van der Waals surface area (Å²) in [6, 6.07) is 5.61. The van der Waals surface area contributed by atoms with Crippen molar-refractivity contribution in [1.29, 1.82) is 0 Å². The van der Waals surface area contributed by atoms with Crippen LogP contribution in [0.5, 0.6) is 0 Å². The maximum atomic E-state index is 5.18. The number of hydrogen-bond acceptors (Lipinski definition) is 5. The molecule has 0 bridgehead atoms. The van der Waals surface area contributed by atoms with Gasteiger partial charge in [-0.25, -0.2) is 9.97 Å². The molecule has 9 heteroatoms. The average Bonchev–Trinajstić information content (AvgIpc) is 3.04. The Labute approximate surface area is 158 Å². The molecular weight excluding hydrogens is 437 g/mol. The molecule has 1 unspecified atom stereocenters. The fourth-order valence-corrected chi connectivity index (χ4v) is 2.64. The summed E-state index contributed by atoms with van der Waals surface area (Å²) in [7, 11) is 0. The predicted octanol–water partition coefficient (Wildman–Crippen LogP) is 3.15. The molecular formula is C15H16IN7S. The van der Waals surface area contributed by atoms with E-state index >= 15 is 0 Å². The van der Waals surface area contributed by atoms with Crippen LogP contribution in [0.2, 0.25) is 0 Å². The van der Waals surface area contributed by atoms with E-state index in [4.69, 9.17) is 12.2 Å². The molecule has 0 radical (unpaired) electrons. The SMILES string of the molecule is CCNC(=S)Nc1ccc2ncc(-c3ccn(C(C)I)n3)nc2n1. The number of pyridine rings is 1. The van der Waals surface area contributed by atoms with E-state index in [2.05, 4.69) is 60.2 Å². The Morgan fingerprint density at radius 2 is 2.12 bits per heavy atom. The molecule has 3 rings (SSSR count). The minimum Gasteiger partial charge on any atom is -0.363 e. The molecule has 3 heterocycles. The van der Waals surface area contributed by atoms with E-state index in [1.807, 2.05) is 36.0 Å². The first-order chi connectivity index (χ1) is 11.6. The Balaban J connectivity index is 1.92. The third-order valence-electron chi connectivity index (χ3n) is 3.22. The van der Waals surface area contributed by atoms with Gasteiger partial charge in [0.2, 0.25) is 0 Å². The van der Waals surface area contributed by atoms with Gasteiger partial charge in [-0.2, -0.15) is 5.10 Å². The first-order valence-corrected chi connectivity index (χ1v) is 9.10. The lowest BCUT2D eigenvalue weighted by Gasteiger charge is -2.08. The summed E-state index contributed by atoms with van der Waals surface area (Å²) >= 11 is 7.48. The topological polar surface area (TPSA) is 80.5 Å². The number of halogens is 1. The molecule has 0 spiro atoms. The molecule has 0 saturated heterocycles. The van der Waals surface area contributed by atoms with Crippen LogP contribution >= 0.6 is 34.8 Å². The third kappa shape index (κ3) is 3.78. The van der Waals surface area contributed by atoms with Crippen LogP contribution in [0.25, 0.3) is 22.6 Å². The molecule has 0 aliphatic rings. The highest BCUT2D eigenvalue weighted by molar-refractivity contribution is 14.1. The number of thiocarbonyl (C=S) groups is 1. The lowest BCUT2D eigenvalue weighted by Crippen LogP contribution is -2.28. The van der Waals surface area contributed by atoms with Gasteiger partial charge in [0.1, 0.15) is 26.8 Å². The van der Waals surface area contributed by atoms with E-state index in [-0.39, 0.29) is 4.05 Å². The van der Waals surface area contributed by atoms with Gasteiger partial charge < -0.3 is 10.6 Å².